The molecule has 5 nitrogen and oxygen atoms in total. The maximum atomic E-state index is 13.2. The van der Waals surface area contributed by atoms with Gasteiger partial charge < -0.3 is 5.32 Å². The summed E-state index contributed by atoms with van der Waals surface area (Å²) in [6.07, 6.45) is 1.45. The van der Waals surface area contributed by atoms with Gasteiger partial charge in [0.15, 0.2) is 0 Å². The van der Waals surface area contributed by atoms with E-state index in [0.717, 1.165) is 4.31 Å². The highest BCUT2D eigenvalue weighted by atomic mass is 35.5. The molecule has 26 heavy (non-hydrogen) atoms. The summed E-state index contributed by atoms with van der Waals surface area (Å²) in [4.78, 5) is 11.9. The zero-order valence-corrected chi connectivity index (χ0v) is 16.4. The number of anilines is 1. The number of nitrogens with one attached hydrogen (secondary N) is 1. The van der Waals surface area contributed by atoms with Crippen molar-refractivity contribution < 1.29 is 13.2 Å². The van der Waals surface area contributed by atoms with Crippen LogP contribution >= 0.6 is 23.2 Å². The van der Waals surface area contributed by atoms with Crippen LogP contribution in [0.3, 0.4) is 0 Å². The summed E-state index contributed by atoms with van der Waals surface area (Å²) in [7, 11) is -4.07. The molecule has 2 aromatic rings. The van der Waals surface area contributed by atoms with Gasteiger partial charge in [0.2, 0.25) is 0 Å². The van der Waals surface area contributed by atoms with Crippen molar-refractivity contribution in [2.75, 3.05) is 17.4 Å². The molecule has 0 aliphatic carbocycles. The first kappa shape index (κ1) is 20.3. The van der Waals surface area contributed by atoms with E-state index in [1.165, 1.54) is 24.3 Å². The molecule has 0 spiro atoms. The number of para-hydroxylation sites is 1. The number of rotatable bonds is 7. The fourth-order valence-corrected chi connectivity index (χ4v) is 4.57. The van der Waals surface area contributed by atoms with Crippen molar-refractivity contribution >= 4 is 44.8 Å². The van der Waals surface area contributed by atoms with E-state index in [1.807, 2.05) is 0 Å². The third-order valence-corrected chi connectivity index (χ3v) is 6.10. The predicted molar refractivity (Wildman–Crippen MR) is 106 cm³/mol. The molecule has 0 heterocycles. The second-order valence-electron chi connectivity index (χ2n) is 5.28. The minimum atomic E-state index is -4.07. The first-order valence-corrected chi connectivity index (χ1v) is 9.98. The average Bonchev–Trinajstić information content (AvgIpc) is 2.60. The summed E-state index contributed by atoms with van der Waals surface area (Å²) in [5.41, 5.74) is 0.501. The third-order valence-electron chi connectivity index (χ3n) is 3.51. The Kier molecular flexibility index (Phi) is 6.69. The largest absolute Gasteiger partial charge is 0.352 e. The van der Waals surface area contributed by atoms with Crippen LogP contribution in [0, 0.1) is 0 Å². The Morgan fingerprint density at radius 2 is 1.88 bits per heavy atom. The van der Waals surface area contributed by atoms with Crippen molar-refractivity contribution in [3.05, 3.63) is 70.7 Å². The molecule has 0 fully saturated rings. The van der Waals surface area contributed by atoms with Crippen LogP contribution in [-0.4, -0.2) is 27.4 Å². The van der Waals surface area contributed by atoms with Crippen molar-refractivity contribution in [3.63, 3.8) is 0 Å². The number of benzene rings is 2. The van der Waals surface area contributed by atoms with Gasteiger partial charge in [-0.25, -0.2) is 8.42 Å². The number of hydrogen-bond acceptors (Lipinski definition) is 3. The van der Waals surface area contributed by atoms with Crippen molar-refractivity contribution in [3.8, 4) is 0 Å². The number of halogens is 2. The fourth-order valence-electron chi connectivity index (χ4n) is 2.32. The highest BCUT2D eigenvalue weighted by molar-refractivity contribution is 7.93. The molecule has 0 bridgehead atoms. The molecule has 0 radical (unpaired) electrons. The number of sulfonamides is 1. The summed E-state index contributed by atoms with van der Waals surface area (Å²) >= 11 is 12.3. The summed E-state index contributed by atoms with van der Waals surface area (Å²) in [6.45, 7) is 5.80. The first-order chi connectivity index (χ1) is 12.3. The fraction of sp³-hybridized carbons (Fsp3) is 0.167. The van der Waals surface area contributed by atoms with Gasteiger partial charge in [-0.3, -0.25) is 9.10 Å². The zero-order valence-electron chi connectivity index (χ0n) is 14.1. The van der Waals surface area contributed by atoms with Gasteiger partial charge in [-0.15, -0.1) is 6.58 Å². The molecule has 1 amide bonds. The van der Waals surface area contributed by atoms with Crippen molar-refractivity contribution in [1.29, 1.82) is 0 Å². The lowest BCUT2D eigenvalue weighted by Crippen LogP contribution is -2.32. The molecule has 0 aliphatic heterocycles. The lowest BCUT2D eigenvalue weighted by Gasteiger charge is -2.24. The highest BCUT2D eigenvalue weighted by Crippen LogP contribution is 2.33. The molecule has 0 saturated carbocycles. The van der Waals surface area contributed by atoms with Crippen LogP contribution in [-0.2, 0) is 10.0 Å². The van der Waals surface area contributed by atoms with Gasteiger partial charge in [-0.2, -0.15) is 0 Å². The number of amides is 1. The van der Waals surface area contributed by atoms with E-state index < -0.39 is 10.0 Å². The topological polar surface area (TPSA) is 66.5 Å². The van der Waals surface area contributed by atoms with E-state index in [4.69, 9.17) is 23.2 Å². The lowest BCUT2D eigenvalue weighted by molar-refractivity contribution is 0.0955. The van der Waals surface area contributed by atoms with E-state index in [9.17, 15) is 13.2 Å². The maximum Gasteiger partial charge on any atom is 0.266 e. The number of carbonyl (C=O) groups excluding carboxylic acids is 1. The predicted octanol–water partition coefficient (Wildman–Crippen LogP) is 4.12. The van der Waals surface area contributed by atoms with E-state index in [1.54, 1.807) is 31.2 Å². The molecule has 2 rings (SSSR count). The van der Waals surface area contributed by atoms with Gasteiger partial charge in [-0.1, -0.05) is 41.4 Å². The molecule has 0 aromatic heterocycles. The van der Waals surface area contributed by atoms with Gasteiger partial charge in [0.05, 0.1) is 22.3 Å². The number of hydrogen-bond donors (Lipinski definition) is 1. The molecular formula is C18H18Cl2N2O3S. The SMILES string of the molecule is C=CCN(c1ccccc1Cl)S(=O)(=O)c1cc(C(=O)NCC)ccc1Cl. The minimum Gasteiger partial charge on any atom is -0.352 e. The quantitative estimate of drug-likeness (QED) is 0.695. The molecular weight excluding hydrogens is 395 g/mol. The maximum absolute atomic E-state index is 13.2. The monoisotopic (exact) mass is 412 g/mol. The van der Waals surface area contributed by atoms with E-state index in [-0.39, 0.29) is 33.0 Å². The van der Waals surface area contributed by atoms with E-state index in [2.05, 4.69) is 11.9 Å². The van der Waals surface area contributed by atoms with Crippen LogP contribution in [0.2, 0.25) is 10.0 Å². The smallest absolute Gasteiger partial charge is 0.266 e. The molecule has 0 saturated heterocycles. The Balaban J connectivity index is 2.60. The first-order valence-electron chi connectivity index (χ1n) is 7.78. The highest BCUT2D eigenvalue weighted by Gasteiger charge is 2.28. The summed E-state index contributed by atoms with van der Waals surface area (Å²) in [5, 5.41) is 2.91. The molecule has 8 heteroatoms. The van der Waals surface area contributed by atoms with Gasteiger partial charge in [0.25, 0.3) is 15.9 Å². The van der Waals surface area contributed by atoms with Crippen molar-refractivity contribution in [2.45, 2.75) is 11.8 Å². The van der Waals surface area contributed by atoms with Crippen LogP contribution in [0.4, 0.5) is 5.69 Å². The summed E-state index contributed by atoms with van der Waals surface area (Å²) in [5.74, 6) is -0.381. The molecule has 1 N–H and O–H groups in total. The zero-order chi connectivity index (χ0) is 19.3. The normalized spacial score (nSPS) is 11.0. The number of carbonyl (C=O) groups is 1. The second kappa shape index (κ2) is 8.58. The van der Waals surface area contributed by atoms with Crippen molar-refractivity contribution in [1.82, 2.24) is 5.32 Å². The lowest BCUT2D eigenvalue weighted by atomic mass is 10.2. The Morgan fingerprint density at radius 1 is 1.19 bits per heavy atom. The standard InChI is InChI=1S/C18H18Cl2N2O3S/c1-3-11-22(16-8-6-5-7-14(16)19)26(24,25)17-12-13(9-10-15(17)20)18(23)21-4-2/h3,5-10,12H,1,4,11H2,2H3,(H,21,23). The molecule has 0 atom stereocenters. The van der Waals surface area contributed by atoms with Crippen LogP contribution in [0.5, 0.6) is 0 Å². The number of nitrogens with zero attached hydrogens (tertiary/aromatic N) is 1. The van der Waals surface area contributed by atoms with Crippen LogP contribution in [0.25, 0.3) is 0 Å². The third kappa shape index (κ3) is 4.20. The van der Waals surface area contributed by atoms with Gasteiger partial charge in [0, 0.05) is 12.1 Å². The Bertz CT molecular complexity index is 930. The molecule has 138 valence electrons. The van der Waals surface area contributed by atoms with E-state index in [0.29, 0.717) is 12.2 Å². The van der Waals surface area contributed by atoms with E-state index >= 15 is 0 Å². The Hall–Kier alpha value is -2.02. The van der Waals surface area contributed by atoms with Crippen molar-refractivity contribution in [2.24, 2.45) is 0 Å². The van der Waals surface area contributed by atoms with Crippen LogP contribution in [0.15, 0.2) is 60.0 Å². The van der Waals surface area contributed by atoms with Gasteiger partial charge in [0.1, 0.15) is 4.90 Å². The minimum absolute atomic E-state index is 0.00617. The second-order valence-corrected chi connectivity index (χ2v) is 7.93. The van der Waals surface area contributed by atoms with Crippen LogP contribution < -0.4 is 9.62 Å². The summed E-state index contributed by atoms with van der Waals surface area (Å²) in [6, 6.07) is 10.7. The molecule has 0 aliphatic rings. The molecule has 2 aromatic carbocycles. The Labute approximate surface area is 163 Å². The summed E-state index contributed by atoms with van der Waals surface area (Å²) < 4.78 is 27.6. The van der Waals surface area contributed by atoms with Crippen LogP contribution in [0.1, 0.15) is 17.3 Å². The molecule has 0 unspecified atom stereocenters. The Morgan fingerprint density at radius 3 is 2.50 bits per heavy atom. The average molecular weight is 413 g/mol. The van der Waals surface area contributed by atoms with Gasteiger partial charge in [-0.05, 0) is 37.3 Å². The van der Waals surface area contributed by atoms with Gasteiger partial charge >= 0.3 is 0 Å².